The molecule has 0 saturated carbocycles. The van der Waals surface area contributed by atoms with Crippen molar-refractivity contribution in [3.05, 3.63) is 40.7 Å². The molecule has 9 nitrogen and oxygen atoms in total. The van der Waals surface area contributed by atoms with E-state index in [9.17, 15) is 9.59 Å². The van der Waals surface area contributed by atoms with Gasteiger partial charge in [-0.2, -0.15) is 5.10 Å². The monoisotopic (exact) mass is 542 g/mol. The Kier molecular flexibility index (Phi) is 7.37. The average molecular weight is 543 g/mol. The third kappa shape index (κ3) is 4.99. The lowest BCUT2D eigenvalue weighted by atomic mass is 9.79. The molecule has 11 heteroatoms. The van der Waals surface area contributed by atoms with Crippen LogP contribution in [0.15, 0.2) is 24.3 Å². The highest BCUT2D eigenvalue weighted by molar-refractivity contribution is 6.66. The highest BCUT2D eigenvalue weighted by Gasteiger charge is 2.52. The number of carbonyl (C=O) groups excluding carboxylic acids is 2. The van der Waals surface area contributed by atoms with Gasteiger partial charge in [0.15, 0.2) is 5.69 Å². The van der Waals surface area contributed by atoms with Crippen LogP contribution >= 0.6 is 11.6 Å². The lowest BCUT2D eigenvalue weighted by Gasteiger charge is -2.38. The fraction of sp³-hybridized carbons (Fsp3) is 0.593. The molecule has 2 aromatic rings. The number of anilines is 1. The number of halogens is 1. The number of benzene rings is 1. The number of ether oxygens (including phenoxy) is 1. The number of carbonyl (C=O) groups is 2. The van der Waals surface area contributed by atoms with E-state index in [-0.39, 0.29) is 23.8 Å². The van der Waals surface area contributed by atoms with E-state index in [1.165, 1.54) is 7.11 Å². The van der Waals surface area contributed by atoms with Gasteiger partial charge in [-0.3, -0.25) is 19.2 Å². The number of likely N-dealkylation sites (tertiary alicyclic amines) is 1. The van der Waals surface area contributed by atoms with Crippen molar-refractivity contribution >= 4 is 41.7 Å². The molecule has 3 aliphatic rings. The first-order valence-electron chi connectivity index (χ1n) is 13.4. The highest BCUT2D eigenvalue weighted by atomic mass is 35.5. The molecule has 0 radical (unpaired) electrons. The van der Waals surface area contributed by atoms with Crippen molar-refractivity contribution in [3.8, 4) is 0 Å². The molecule has 38 heavy (non-hydrogen) atoms. The van der Waals surface area contributed by atoms with E-state index in [0.717, 1.165) is 51.0 Å². The number of hydrogen-bond donors (Lipinski definition) is 1. The molecule has 1 aromatic carbocycles. The summed E-state index contributed by atoms with van der Waals surface area (Å²) >= 11 is 6.74. The van der Waals surface area contributed by atoms with Crippen LogP contribution in [0.4, 0.5) is 5.69 Å². The molecule has 2 fully saturated rings. The van der Waals surface area contributed by atoms with E-state index < -0.39 is 18.3 Å². The van der Waals surface area contributed by atoms with Crippen molar-refractivity contribution in [2.75, 3.05) is 25.5 Å². The van der Waals surface area contributed by atoms with E-state index in [2.05, 4.69) is 15.3 Å². The number of amides is 1. The number of aryl methyl sites for hydroxylation is 1. The molecule has 1 aromatic heterocycles. The molecule has 4 heterocycles. The standard InChI is InChI=1S/C27H36BClN4O5/c1-26(2)27(3,4)38-28(37-26)18-8-6-9-19(23(18)29)30-24(34)20-16-22-21(10-7-13-33(22)31-20)32-14-11-17(12-15-32)25(35)36-5/h6,8-9,16-17,21H,7,10-15H2,1-5H3,(H,30,34). The number of nitrogens with one attached hydrogen (secondary N) is 1. The second-order valence-corrected chi connectivity index (χ2v) is 11.8. The summed E-state index contributed by atoms with van der Waals surface area (Å²) in [6.45, 7) is 10.4. The van der Waals surface area contributed by atoms with Gasteiger partial charge in [-0.15, -0.1) is 0 Å². The predicted molar refractivity (Wildman–Crippen MR) is 146 cm³/mol. The first-order valence-corrected chi connectivity index (χ1v) is 13.7. The third-order valence-corrected chi connectivity index (χ3v) is 8.94. The normalized spacial score (nSPS) is 23.2. The summed E-state index contributed by atoms with van der Waals surface area (Å²) in [6, 6.07) is 7.50. The summed E-state index contributed by atoms with van der Waals surface area (Å²) in [5.41, 5.74) is 1.55. The molecule has 1 amide bonds. The van der Waals surface area contributed by atoms with Crippen LogP contribution < -0.4 is 10.8 Å². The van der Waals surface area contributed by atoms with Crippen LogP contribution in [0, 0.1) is 5.92 Å². The Balaban J connectivity index is 1.30. The van der Waals surface area contributed by atoms with Crippen LogP contribution in [0.25, 0.3) is 0 Å². The lowest BCUT2D eigenvalue weighted by Crippen LogP contribution is -2.41. The number of nitrogens with zero attached hydrogens (tertiary/aromatic N) is 3. The van der Waals surface area contributed by atoms with Crippen LogP contribution in [0.1, 0.15) is 75.6 Å². The zero-order chi connectivity index (χ0) is 27.2. The van der Waals surface area contributed by atoms with Gasteiger partial charge in [0.2, 0.25) is 0 Å². The summed E-state index contributed by atoms with van der Waals surface area (Å²) in [7, 11) is 0.815. The van der Waals surface area contributed by atoms with Crippen molar-refractivity contribution < 1.29 is 23.6 Å². The highest BCUT2D eigenvalue weighted by Crippen LogP contribution is 2.38. The molecular weight excluding hydrogens is 507 g/mol. The Hall–Kier alpha value is -2.40. The number of rotatable bonds is 5. The van der Waals surface area contributed by atoms with Gasteiger partial charge in [0.25, 0.3) is 5.91 Å². The molecule has 0 bridgehead atoms. The fourth-order valence-corrected chi connectivity index (χ4v) is 5.80. The molecule has 2 saturated heterocycles. The van der Waals surface area contributed by atoms with Crippen LogP contribution in [-0.2, 0) is 25.4 Å². The minimum absolute atomic E-state index is 0.0382. The van der Waals surface area contributed by atoms with Crippen molar-refractivity contribution in [2.24, 2.45) is 5.92 Å². The van der Waals surface area contributed by atoms with Gasteiger partial charge in [-0.05, 0) is 78.6 Å². The molecule has 3 aliphatic heterocycles. The maximum absolute atomic E-state index is 13.3. The van der Waals surface area contributed by atoms with E-state index >= 15 is 0 Å². The Morgan fingerprint density at radius 3 is 2.45 bits per heavy atom. The summed E-state index contributed by atoms with van der Waals surface area (Å²) in [5.74, 6) is -0.481. The summed E-state index contributed by atoms with van der Waals surface area (Å²) < 4.78 is 19.2. The summed E-state index contributed by atoms with van der Waals surface area (Å²) in [5, 5.41) is 7.95. The largest absolute Gasteiger partial charge is 0.496 e. The zero-order valence-corrected chi connectivity index (χ0v) is 23.5. The van der Waals surface area contributed by atoms with E-state index in [4.69, 9.17) is 25.6 Å². The quantitative estimate of drug-likeness (QED) is 0.453. The second kappa shape index (κ2) is 10.3. The second-order valence-electron chi connectivity index (χ2n) is 11.4. The number of esters is 1. The van der Waals surface area contributed by atoms with Crippen LogP contribution in [0.3, 0.4) is 0 Å². The lowest BCUT2D eigenvalue weighted by molar-refractivity contribution is -0.147. The van der Waals surface area contributed by atoms with Gasteiger partial charge in [0.05, 0.1) is 46.7 Å². The predicted octanol–water partition coefficient (Wildman–Crippen LogP) is 3.81. The first-order chi connectivity index (χ1) is 18.0. The molecule has 1 atom stereocenters. The smallest absolute Gasteiger partial charge is 0.469 e. The molecule has 1 N–H and O–H groups in total. The minimum atomic E-state index is -0.631. The minimum Gasteiger partial charge on any atom is -0.469 e. The first kappa shape index (κ1) is 27.2. The van der Waals surface area contributed by atoms with Gasteiger partial charge >= 0.3 is 13.1 Å². The molecule has 5 rings (SSSR count). The molecule has 0 spiro atoms. The molecular formula is C27H36BClN4O5. The molecule has 0 aliphatic carbocycles. The third-order valence-electron chi connectivity index (χ3n) is 8.52. The van der Waals surface area contributed by atoms with Gasteiger partial charge in [0, 0.05) is 12.0 Å². The fourth-order valence-electron chi connectivity index (χ4n) is 5.54. The number of hydrogen-bond acceptors (Lipinski definition) is 7. The number of fused-ring (bicyclic) bond motifs is 1. The van der Waals surface area contributed by atoms with Crippen molar-refractivity contribution in [1.82, 2.24) is 14.7 Å². The van der Waals surface area contributed by atoms with Crippen molar-refractivity contribution in [1.29, 1.82) is 0 Å². The summed E-state index contributed by atoms with van der Waals surface area (Å²) in [4.78, 5) is 27.6. The van der Waals surface area contributed by atoms with Crippen molar-refractivity contribution in [2.45, 2.75) is 77.2 Å². The average Bonchev–Trinajstić information content (AvgIpc) is 3.42. The van der Waals surface area contributed by atoms with Gasteiger partial charge in [-0.25, -0.2) is 0 Å². The van der Waals surface area contributed by atoms with E-state index in [0.29, 0.717) is 21.9 Å². The van der Waals surface area contributed by atoms with Crippen LogP contribution in [-0.4, -0.2) is 65.1 Å². The van der Waals surface area contributed by atoms with Crippen molar-refractivity contribution in [3.63, 3.8) is 0 Å². The SMILES string of the molecule is COC(=O)C1CCN(C2CCCn3nc(C(=O)Nc4cccc(B5OC(C)(C)C(C)(C)O5)c4Cl)cc32)CC1. The maximum Gasteiger partial charge on any atom is 0.496 e. The Morgan fingerprint density at radius 2 is 1.79 bits per heavy atom. The number of methoxy groups -OCH3 is 1. The molecule has 1 unspecified atom stereocenters. The van der Waals surface area contributed by atoms with Crippen LogP contribution in [0.5, 0.6) is 0 Å². The maximum atomic E-state index is 13.3. The zero-order valence-electron chi connectivity index (χ0n) is 22.8. The summed E-state index contributed by atoms with van der Waals surface area (Å²) in [6.07, 6.45) is 3.54. The van der Waals surface area contributed by atoms with Gasteiger partial charge in [-0.1, -0.05) is 23.7 Å². The Labute approximate surface area is 229 Å². The van der Waals surface area contributed by atoms with E-state index in [1.54, 1.807) is 6.07 Å². The Bertz CT molecular complexity index is 1210. The Morgan fingerprint density at radius 1 is 1.11 bits per heavy atom. The van der Waals surface area contributed by atoms with Gasteiger partial charge < -0.3 is 19.4 Å². The molecule has 204 valence electrons. The topological polar surface area (TPSA) is 94.9 Å². The van der Waals surface area contributed by atoms with Crippen LogP contribution in [0.2, 0.25) is 5.02 Å². The number of aromatic nitrogens is 2. The van der Waals surface area contributed by atoms with E-state index in [1.807, 2.05) is 50.6 Å². The number of piperidine rings is 1. The van der Waals surface area contributed by atoms with Gasteiger partial charge in [0.1, 0.15) is 0 Å².